The first-order valence-electron chi connectivity index (χ1n) is 4.45. The van der Waals surface area contributed by atoms with Gasteiger partial charge < -0.3 is 0 Å². The Bertz CT molecular complexity index is 566. The molecule has 88 valence electrons. The van der Waals surface area contributed by atoms with E-state index in [4.69, 9.17) is 34.8 Å². The molecule has 1 nitrogen and oxygen atoms in total. The fourth-order valence-corrected chi connectivity index (χ4v) is 2.38. The molecular formula is C11H4Cl3FIN. The van der Waals surface area contributed by atoms with Gasteiger partial charge in [-0.3, -0.25) is 0 Å². The average Bonchev–Trinajstić information content (AvgIpc) is 2.28. The lowest BCUT2D eigenvalue weighted by Crippen LogP contribution is -1.90. The second-order valence-corrected chi connectivity index (χ2v) is 5.68. The molecule has 6 heteroatoms. The minimum absolute atomic E-state index is 0.260. The molecule has 0 aliphatic rings. The third-order valence-corrected chi connectivity index (χ3v) is 3.89. The van der Waals surface area contributed by atoms with Crippen molar-refractivity contribution in [3.8, 4) is 11.1 Å². The maximum Gasteiger partial charge on any atom is 0.220 e. The predicted octanol–water partition coefficient (Wildman–Crippen LogP) is 5.45. The van der Waals surface area contributed by atoms with Crippen molar-refractivity contribution in [1.82, 2.24) is 4.98 Å². The first kappa shape index (κ1) is 13.3. The molecular weight excluding hydrogens is 398 g/mol. The van der Waals surface area contributed by atoms with Gasteiger partial charge in [-0.2, -0.15) is 4.39 Å². The van der Waals surface area contributed by atoms with Crippen molar-refractivity contribution in [2.45, 2.75) is 0 Å². The van der Waals surface area contributed by atoms with Crippen molar-refractivity contribution >= 4 is 57.4 Å². The zero-order valence-electron chi connectivity index (χ0n) is 8.15. The molecule has 0 aliphatic heterocycles. The fourth-order valence-electron chi connectivity index (χ4n) is 1.34. The van der Waals surface area contributed by atoms with Crippen molar-refractivity contribution < 1.29 is 4.39 Å². The molecule has 1 aromatic carbocycles. The second-order valence-electron chi connectivity index (χ2n) is 3.25. The first-order chi connectivity index (χ1) is 7.99. The van der Waals surface area contributed by atoms with E-state index in [2.05, 4.69) is 27.6 Å². The number of nitrogens with zero attached hydrogens (tertiary/aromatic N) is 1. The summed E-state index contributed by atoms with van der Waals surface area (Å²) in [5.74, 6) is -0.570. The lowest BCUT2D eigenvalue weighted by atomic mass is 10.1. The highest BCUT2D eigenvalue weighted by atomic mass is 127. The van der Waals surface area contributed by atoms with Gasteiger partial charge in [-0.25, -0.2) is 4.98 Å². The van der Waals surface area contributed by atoms with E-state index in [1.807, 2.05) is 0 Å². The van der Waals surface area contributed by atoms with Crippen LogP contribution in [0.5, 0.6) is 0 Å². The maximum absolute atomic E-state index is 13.6. The SMILES string of the molecule is Fc1ncc(I)cc1-c1cc(Cl)c(Cl)c(Cl)c1. The minimum Gasteiger partial charge on any atom is -0.227 e. The standard InChI is InChI=1S/C11H4Cl3FIN/c12-8-1-5(2-9(13)10(8)14)7-3-6(16)4-17-11(7)15/h1-4H. The summed E-state index contributed by atoms with van der Waals surface area (Å²) in [6.45, 7) is 0. The fraction of sp³-hybridized carbons (Fsp3) is 0. The van der Waals surface area contributed by atoms with Crippen LogP contribution < -0.4 is 0 Å². The Balaban J connectivity index is 2.64. The molecule has 0 aliphatic carbocycles. The van der Waals surface area contributed by atoms with Crippen LogP contribution in [-0.2, 0) is 0 Å². The van der Waals surface area contributed by atoms with Crippen LogP contribution in [0.25, 0.3) is 11.1 Å². The van der Waals surface area contributed by atoms with E-state index in [0.29, 0.717) is 11.1 Å². The van der Waals surface area contributed by atoms with E-state index in [-0.39, 0.29) is 15.1 Å². The van der Waals surface area contributed by atoms with Crippen LogP contribution in [0.3, 0.4) is 0 Å². The summed E-state index contributed by atoms with van der Waals surface area (Å²) in [6.07, 6.45) is 1.44. The molecule has 0 atom stereocenters. The number of hydrogen-bond donors (Lipinski definition) is 0. The number of aromatic nitrogens is 1. The molecule has 1 aromatic heterocycles. The third kappa shape index (κ3) is 2.84. The molecule has 0 unspecified atom stereocenters. The van der Waals surface area contributed by atoms with Gasteiger partial charge in [-0.1, -0.05) is 34.8 Å². The number of rotatable bonds is 1. The Morgan fingerprint density at radius 2 is 1.65 bits per heavy atom. The van der Waals surface area contributed by atoms with Crippen LogP contribution in [0.2, 0.25) is 15.1 Å². The van der Waals surface area contributed by atoms with Gasteiger partial charge in [-0.05, 0) is 46.4 Å². The summed E-state index contributed by atoms with van der Waals surface area (Å²) >= 11 is 19.7. The van der Waals surface area contributed by atoms with Gasteiger partial charge in [0, 0.05) is 15.3 Å². The molecule has 2 aromatic rings. The number of halogens is 5. The molecule has 0 spiro atoms. The third-order valence-electron chi connectivity index (χ3n) is 2.10. The zero-order valence-corrected chi connectivity index (χ0v) is 12.6. The topological polar surface area (TPSA) is 12.9 Å². The monoisotopic (exact) mass is 401 g/mol. The molecule has 17 heavy (non-hydrogen) atoms. The zero-order chi connectivity index (χ0) is 12.6. The van der Waals surface area contributed by atoms with E-state index in [1.54, 1.807) is 18.2 Å². The van der Waals surface area contributed by atoms with E-state index >= 15 is 0 Å². The van der Waals surface area contributed by atoms with Crippen molar-refractivity contribution in [3.63, 3.8) is 0 Å². The molecule has 0 saturated carbocycles. The molecule has 2 rings (SSSR count). The molecule has 0 amide bonds. The largest absolute Gasteiger partial charge is 0.227 e. The van der Waals surface area contributed by atoms with Crippen LogP contribution >= 0.6 is 57.4 Å². The summed E-state index contributed by atoms with van der Waals surface area (Å²) < 4.78 is 14.4. The molecule has 0 saturated heterocycles. The quantitative estimate of drug-likeness (QED) is 0.351. The van der Waals surface area contributed by atoms with Crippen LogP contribution in [0.4, 0.5) is 4.39 Å². The summed E-state index contributed by atoms with van der Waals surface area (Å²) in [5, 5.41) is 0.830. The summed E-state index contributed by atoms with van der Waals surface area (Å²) in [5.41, 5.74) is 0.894. The van der Waals surface area contributed by atoms with E-state index in [0.717, 1.165) is 3.57 Å². The van der Waals surface area contributed by atoms with Crippen LogP contribution in [0.1, 0.15) is 0 Å². The Hall–Kier alpha value is -0.100. The number of pyridine rings is 1. The van der Waals surface area contributed by atoms with Crippen LogP contribution in [0, 0.1) is 9.52 Å². The van der Waals surface area contributed by atoms with Gasteiger partial charge in [0.2, 0.25) is 5.95 Å². The van der Waals surface area contributed by atoms with Gasteiger partial charge in [0.15, 0.2) is 0 Å². The highest BCUT2D eigenvalue weighted by Gasteiger charge is 2.11. The van der Waals surface area contributed by atoms with Crippen LogP contribution in [0.15, 0.2) is 24.4 Å². The Labute approximate surface area is 126 Å². The predicted molar refractivity (Wildman–Crippen MR) is 77.4 cm³/mol. The normalized spacial score (nSPS) is 10.6. The smallest absolute Gasteiger partial charge is 0.220 e. The Morgan fingerprint density at radius 3 is 2.24 bits per heavy atom. The van der Waals surface area contributed by atoms with Gasteiger partial charge in [0.25, 0.3) is 0 Å². The van der Waals surface area contributed by atoms with E-state index in [1.165, 1.54) is 6.20 Å². The highest BCUT2D eigenvalue weighted by molar-refractivity contribution is 14.1. The van der Waals surface area contributed by atoms with Gasteiger partial charge >= 0.3 is 0 Å². The van der Waals surface area contributed by atoms with Crippen molar-refractivity contribution in [2.24, 2.45) is 0 Å². The maximum atomic E-state index is 13.6. The lowest BCUT2D eigenvalue weighted by Gasteiger charge is -2.06. The molecule has 0 N–H and O–H groups in total. The second kappa shape index (κ2) is 5.26. The van der Waals surface area contributed by atoms with Gasteiger partial charge in [0.1, 0.15) is 0 Å². The molecule has 0 bridgehead atoms. The number of benzene rings is 1. The van der Waals surface area contributed by atoms with Crippen molar-refractivity contribution in [1.29, 1.82) is 0 Å². The summed E-state index contributed by atoms with van der Waals surface area (Å²) in [7, 11) is 0. The molecule has 0 radical (unpaired) electrons. The van der Waals surface area contributed by atoms with Crippen molar-refractivity contribution in [3.05, 3.63) is 49.0 Å². The average molecular weight is 402 g/mol. The van der Waals surface area contributed by atoms with E-state index < -0.39 is 5.95 Å². The Kier molecular flexibility index (Phi) is 4.13. The summed E-state index contributed by atoms with van der Waals surface area (Å²) in [4.78, 5) is 3.64. The summed E-state index contributed by atoms with van der Waals surface area (Å²) in [6, 6.07) is 4.79. The first-order valence-corrected chi connectivity index (χ1v) is 6.66. The Morgan fingerprint density at radius 1 is 1.06 bits per heavy atom. The highest BCUT2D eigenvalue weighted by Crippen LogP contribution is 2.35. The van der Waals surface area contributed by atoms with Crippen molar-refractivity contribution in [2.75, 3.05) is 0 Å². The lowest BCUT2D eigenvalue weighted by molar-refractivity contribution is 0.587. The van der Waals surface area contributed by atoms with Gasteiger partial charge in [-0.15, -0.1) is 0 Å². The van der Waals surface area contributed by atoms with Crippen LogP contribution in [-0.4, -0.2) is 4.98 Å². The van der Waals surface area contributed by atoms with Gasteiger partial charge in [0.05, 0.1) is 15.1 Å². The molecule has 0 fully saturated rings. The number of hydrogen-bond acceptors (Lipinski definition) is 1. The van der Waals surface area contributed by atoms with E-state index in [9.17, 15) is 4.39 Å². The minimum atomic E-state index is -0.570. The molecule has 1 heterocycles.